The molecule has 18 heavy (non-hydrogen) atoms. The van der Waals surface area contributed by atoms with Gasteiger partial charge in [-0.15, -0.1) is 0 Å². The number of carbonyl (C=O) groups is 1. The number of hydrogen-bond donors (Lipinski definition) is 1. The lowest BCUT2D eigenvalue weighted by molar-refractivity contribution is -0.0679. The molecule has 1 N–H and O–H groups in total. The van der Waals surface area contributed by atoms with E-state index >= 15 is 0 Å². The zero-order chi connectivity index (χ0) is 13.2. The summed E-state index contributed by atoms with van der Waals surface area (Å²) in [4.78, 5) is 11.9. The van der Waals surface area contributed by atoms with Gasteiger partial charge in [0, 0.05) is 13.7 Å². The number of amides is 1. The highest BCUT2D eigenvalue weighted by Crippen LogP contribution is 2.34. The van der Waals surface area contributed by atoms with Crippen molar-refractivity contribution >= 4 is 21.8 Å². The molecular formula is C13H15BrFNO2. The fourth-order valence-corrected chi connectivity index (χ4v) is 2.41. The van der Waals surface area contributed by atoms with Crippen LogP contribution in [0.2, 0.25) is 0 Å². The summed E-state index contributed by atoms with van der Waals surface area (Å²) in [7, 11) is 1.64. The van der Waals surface area contributed by atoms with Crippen LogP contribution in [0.25, 0.3) is 0 Å². The highest BCUT2D eigenvalue weighted by atomic mass is 79.9. The van der Waals surface area contributed by atoms with Gasteiger partial charge in [0.05, 0.1) is 15.6 Å². The zero-order valence-electron chi connectivity index (χ0n) is 10.1. The van der Waals surface area contributed by atoms with Crippen LogP contribution in [-0.4, -0.2) is 25.2 Å². The van der Waals surface area contributed by atoms with Crippen molar-refractivity contribution in [1.29, 1.82) is 0 Å². The van der Waals surface area contributed by atoms with E-state index in [9.17, 15) is 9.18 Å². The molecule has 1 aromatic carbocycles. The molecule has 5 heteroatoms. The first-order valence-corrected chi connectivity index (χ1v) is 6.65. The molecule has 3 nitrogen and oxygen atoms in total. The van der Waals surface area contributed by atoms with Gasteiger partial charge in [0.2, 0.25) is 0 Å². The molecule has 0 spiro atoms. The Morgan fingerprint density at radius 1 is 1.56 bits per heavy atom. The zero-order valence-corrected chi connectivity index (χ0v) is 11.7. The maximum atomic E-state index is 13.7. The van der Waals surface area contributed by atoms with Crippen LogP contribution in [0, 0.1) is 5.82 Å². The lowest BCUT2D eigenvalue weighted by Crippen LogP contribution is -2.49. The Labute approximate surface area is 114 Å². The van der Waals surface area contributed by atoms with E-state index in [0.717, 1.165) is 19.3 Å². The number of halogens is 2. The summed E-state index contributed by atoms with van der Waals surface area (Å²) in [5.41, 5.74) is -0.201. The van der Waals surface area contributed by atoms with Gasteiger partial charge in [-0.3, -0.25) is 4.79 Å². The van der Waals surface area contributed by atoms with Crippen LogP contribution in [0.1, 0.15) is 29.6 Å². The molecule has 0 heterocycles. The Morgan fingerprint density at radius 2 is 2.28 bits per heavy atom. The maximum absolute atomic E-state index is 13.7. The molecule has 0 saturated heterocycles. The van der Waals surface area contributed by atoms with Crippen molar-refractivity contribution in [1.82, 2.24) is 5.32 Å². The van der Waals surface area contributed by atoms with E-state index in [1.807, 2.05) is 0 Å². The monoisotopic (exact) mass is 315 g/mol. The summed E-state index contributed by atoms with van der Waals surface area (Å²) in [6.07, 6.45) is 2.98. The third kappa shape index (κ3) is 2.57. The van der Waals surface area contributed by atoms with Gasteiger partial charge in [0.15, 0.2) is 0 Å². The van der Waals surface area contributed by atoms with Crippen LogP contribution in [-0.2, 0) is 4.74 Å². The van der Waals surface area contributed by atoms with Gasteiger partial charge in [-0.25, -0.2) is 4.39 Å². The van der Waals surface area contributed by atoms with E-state index in [2.05, 4.69) is 21.2 Å². The first-order chi connectivity index (χ1) is 8.58. The second-order valence-electron chi connectivity index (χ2n) is 4.52. The van der Waals surface area contributed by atoms with Gasteiger partial charge in [0.1, 0.15) is 5.82 Å². The minimum Gasteiger partial charge on any atom is -0.376 e. The summed E-state index contributed by atoms with van der Waals surface area (Å²) in [5.74, 6) is -0.938. The van der Waals surface area contributed by atoms with Gasteiger partial charge >= 0.3 is 0 Å². The van der Waals surface area contributed by atoms with E-state index in [4.69, 9.17) is 4.74 Å². The Morgan fingerprint density at radius 3 is 2.83 bits per heavy atom. The van der Waals surface area contributed by atoms with Crippen LogP contribution in [0.3, 0.4) is 0 Å². The average molecular weight is 316 g/mol. The smallest absolute Gasteiger partial charge is 0.254 e. The lowest BCUT2D eigenvalue weighted by atomic mass is 9.80. The first kappa shape index (κ1) is 13.5. The fourth-order valence-electron chi connectivity index (χ4n) is 2.04. The van der Waals surface area contributed by atoms with Crippen LogP contribution in [0.5, 0.6) is 0 Å². The van der Waals surface area contributed by atoms with Gasteiger partial charge in [-0.05, 0) is 47.3 Å². The van der Waals surface area contributed by atoms with Gasteiger partial charge in [0.25, 0.3) is 5.91 Å². The number of benzene rings is 1. The third-order valence-electron chi connectivity index (χ3n) is 3.47. The predicted molar refractivity (Wildman–Crippen MR) is 70.0 cm³/mol. The Kier molecular flexibility index (Phi) is 4.02. The topological polar surface area (TPSA) is 38.3 Å². The SMILES string of the molecule is COC1(CNC(=O)c2cccc(Br)c2F)CCC1. The van der Waals surface area contributed by atoms with Crippen molar-refractivity contribution in [3.05, 3.63) is 34.1 Å². The molecule has 1 fully saturated rings. The van der Waals surface area contributed by atoms with Crippen molar-refractivity contribution in [2.75, 3.05) is 13.7 Å². The second-order valence-corrected chi connectivity index (χ2v) is 5.38. The Bertz CT molecular complexity index is 455. The maximum Gasteiger partial charge on any atom is 0.254 e. The molecule has 0 radical (unpaired) electrons. The number of ether oxygens (including phenoxy) is 1. The molecule has 1 aliphatic rings. The van der Waals surface area contributed by atoms with E-state index < -0.39 is 11.7 Å². The summed E-state index contributed by atoms with van der Waals surface area (Å²) >= 11 is 3.06. The van der Waals surface area contributed by atoms with Crippen LogP contribution in [0.4, 0.5) is 4.39 Å². The van der Waals surface area contributed by atoms with Crippen molar-refractivity contribution in [3.63, 3.8) is 0 Å². The van der Waals surface area contributed by atoms with Gasteiger partial charge in [-0.1, -0.05) is 6.07 Å². The molecular weight excluding hydrogens is 301 g/mol. The molecule has 0 aliphatic heterocycles. The molecule has 0 aromatic heterocycles. The number of hydrogen-bond acceptors (Lipinski definition) is 2. The quantitative estimate of drug-likeness (QED) is 0.927. The molecule has 1 aliphatic carbocycles. The van der Waals surface area contributed by atoms with E-state index in [1.165, 1.54) is 6.07 Å². The van der Waals surface area contributed by atoms with Crippen LogP contribution < -0.4 is 5.32 Å². The summed E-state index contributed by atoms with van der Waals surface area (Å²) in [6.45, 7) is 0.425. The van der Waals surface area contributed by atoms with Gasteiger partial charge in [-0.2, -0.15) is 0 Å². The number of carbonyl (C=O) groups excluding carboxylic acids is 1. The second kappa shape index (κ2) is 5.36. The predicted octanol–water partition coefficient (Wildman–Crippen LogP) is 2.89. The molecule has 0 bridgehead atoms. The number of nitrogens with one attached hydrogen (secondary N) is 1. The third-order valence-corrected chi connectivity index (χ3v) is 4.08. The fraction of sp³-hybridized carbons (Fsp3) is 0.462. The summed E-state index contributed by atoms with van der Waals surface area (Å²) in [6, 6.07) is 4.67. The summed E-state index contributed by atoms with van der Waals surface area (Å²) in [5, 5.41) is 2.74. The summed E-state index contributed by atoms with van der Waals surface area (Å²) < 4.78 is 19.4. The number of methoxy groups -OCH3 is 1. The lowest BCUT2D eigenvalue weighted by Gasteiger charge is -2.40. The highest BCUT2D eigenvalue weighted by Gasteiger charge is 2.37. The normalized spacial score (nSPS) is 17.1. The van der Waals surface area contributed by atoms with E-state index in [1.54, 1.807) is 19.2 Å². The molecule has 1 aromatic rings. The van der Waals surface area contributed by atoms with Crippen molar-refractivity contribution in [3.8, 4) is 0 Å². The Balaban J connectivity index is 2.02. The minimum atomic E-state index is -0.532. The Hall–Kier alpha value is -0.940. The van der Waals surface area contributed by atoms with Gasteiger partial charge < -0.3 is 10.1 Å². The molecule has 0 atom stereocenters. The van der Waals surface area contributed by atoms with Crippen molar-refractivity contribution < 1.29 is 13.9 Å². The molecule has 1 saturated carbocycles. The van der Waals surface area contributed by atoms with Crippen LogP contribution >= 0.6 is 15.9 Å². The first-order valence-electron chi connectivity index (χ1n) is 5.85. The van der Waals surface area contributed by atoms with Crippen molar-refractivity contribution in [2.45, 2.75) is 24.9 Å². The molecule has 2 rings (SSSR count). The molecule has 0 unspecified atom stereocenters. The highest BCUT2D eigenvalue weighted by molar-refractivity contribution is 9.10. The van der Waals surface area contributed by atoms with E-state index in [-0.39, 0.29) is 11.2 Å². The van der Waals surface area contributed by atoms with Crippen LogP contribution in [0.15, 0.2) is 22.7 Å². The molecule has 1 amide bonds. The molecule has 98 valence electrons. The van der Waals surface area contributed by atoms with E-state index in [0.29, 0.717) is 11.0 Å². The van der Waals surface area contributed by atoms with Crippen molar-refractivity contribution in [2.24, 2.45) is 0 Å². The standard InChI is InChI=1S/C13H15BrFNO2/c1-18-13(6-3-7-13)8-16-12(17)9-4-2-5-10(14)11(9)15/h2,4-5H,3,6-8H2,1H3,(H,16,17). The largest absolute Gasteiger partial charge is 0.376 e. The minimum absolute atomic E-state index is 0.0509. The average Bonchev–Trinajstić information content (AvgIpc) is 2.31. The number of rotatable bonds is 4.